The molecule has 1 rings (SSSR count). The van der Waals surface area contributed by atoms with Crippen molar-refractivity contribution in [3.63, 3.8) is 0 Å². The van der Waals surface area contributed by atoms with Crippen molar-refractivity contribution < 1.29 is 8.42 Å². The van der Waals surface area contributed by atoms with Crippen molar-refractivity contribution in [3.05, 3.63) is 28.3 Å². The second kappa shape index (κ2) is 8.87. The van der Waals surface area contributed by atoms with Crippen LogP contribution in [0.4, 0.5) is 0 Å². The predicted octanol–water partition coefficient (Wildman–Crippen LogP) is 3.36. The standard InChI is InChI=1S/C16H27ClN2O2S/c1-5-19(6-2)10-8-7-9-18-22(20,21)16-12-13(3)15(17)11-14(16)4/h11-12,18H,5-10H2,1-4H3. The van der Waals surface area contributed by atoms with Crippen LogP contribution in [0.2, 0.25) is 5.02 Å². The van der Waals surface area contributed by atoms with E-state index in [4.69, 9.17) is 11.6 Å². The molecule has 6 heteroatoms. The Morgan fingerprint density at radius 1 is 1.09 bits per heavy atom. The molecule has 0 radical (unpaired) electrons. The van der Waals surface area contributed by atoms with Gasteiger partial charge in [0.25, 0.3) is 0 Å². The molecule has 0 fully saturated rings. The number of aryl methyl sites for hydroxylation is 2. The highest BCUT2D eigenvalue weighted by molar-refractivity contribution is 7.89. The fraction of sp³-hybridized carbons (Fsp3) is 0.625. The summed E-state index contributed by atoms with van der Waals surface area (Å²) in [6.07, 6.45) is 1.82. The Balaban J connectivity index is 2.57. The van der Waals surface area contributed by atoms with Crippen molar-refractivity contribution >= 4 is 21.6 Å². The van der Waals surface area contributed by atoms with Crippen molar-refractivity contribution in [2.45, 2.75) is 45.4 Å². The molecule has 0 spiro atoms. The molecule has 0 aliphatic carbocycles. The Morgan fingerprint density at radius 2 is 1.73 bits per heavy atom. The molecular weight excluding hydrogens is 320 g/mol. The van der Waals surface area contributed by atoms with Gasteiger partial charge in [-0.1, -0.05) is 25.4 Å². The maximum absolute atomic E-state index is 12.4. The molecule has 0 amide bonds. The highest BCUT2D eigenvalue weighted by atomic mass is 35.5. The molecule has 0 saturated heterocycles. The quantitative estimate of drug-likeness (QED) is 0.697. The number of hydrogen-bond donors (Lipinski definition) is 1. The van der Waals surface area contributed by atoms with Gasteiger partial charge in [0.2, 0.25) is 10.0 Å². The van der Waals surface area contributed by atoms with Gasteiger partial charge in [0.1, 0.15) is 0 Å². The molecule has 1 N–H and O–H groups in total. The minimum atomic E-state index is -3.46. The third-order valence-corrected chi connectivity index (χ3v) is 5.84. The van der Waals surface area contributed by atoms with Crippen molar-refractivity contribution in [2.75, 3.05) is 26.2 Å². The normalized spacial score (nSPS) is 12.1. The van der Waals surface area contributed by atoms with E-state index < -0.39 is 10.0 Å². The summed E-state index contributed by atoms with van der Waals surface area (Å²) in [5.74, 6) is 0. The second-order valence-corrected chi connectivity index (χ2v) is 7.64. The smallest absolute Gasteiger partial charge is 0.240 e. The molecule has 0 aromatic heterocycles. The summed E-state index contributed by atoms with van der Waals surface area (Å²) in [5.41, 5.74) is 1.44. The molecule has 0 aliphatic heterocycles. The van der Waals surface area contributed by atoms with Gasteiger partial charge in [-0.2, -0.15) is 0 Å². The topological polar surface area (TPSA) is 49.4 Å². The molecule has 0 aliphatic rings. The van der Waals surface area contributed by atoms with Gasteiger partial charge < -0.3 is 4.90 Å². The van der Waals surface area contributed by atoms with Crippen LogP contribution in [0, 0.1) is 13.8 Å². The van der Waals surface area contributed by atoms with Gasteiger partial charge in [-0.05, 0) is 69.6 Å². The number of unbranched alkanes of at least 4 members (excludes halogenated alkanes) is 1. The first-order valence-corrected chi connectivity index (χ1v) is 9.66. The molecule has 1 aromatic carbocycles. The molecule has 126 valence electrons. The first-order chi connectivity index (χ1) is 10.3. The number of halogens is 1. The maximum atomic E-state index is 12.4. The van der Waals surface area contributed by atoms with E-state index in [9.17, 15) is 8.42 Å². The lowest BCUT2D eigenvalue weighted by molar-refractivity contribution is 0.297. The fourth-order valence-corrected chi connectivity index (χ4v) is 3.93. The van der Waals surface area contributed by atoms with Crippen molar-refractivity contribution in [1.29, 1.82) is 0 Å². The summed E-state index contributed by atoms with van der Waals surface area (Å²) in [4.78, 5) is 2.65. The largest absolute Gasteiger partial charge is 0.304 e. The molecule has 0 saturated carbocycles. The molecule has 4 nitrogen and oxygen atoms in total. The zero-order chi connectivity index (χ0) is 16.8. The van der Waals surface area contributed by atoms with Gasteiger partial charge >= 0.3 is 0 Å². The third kappa shape index (κ3) is 5.54. The van der Waals surface area contributed by atoms with Crippen LogP contribution in [-0.4, -0.2) is 39.5 Å². The van der Waals surface area contributed by atoms with E-state index in [0.29, 0.717) is 22.0 Å². The SMILES string of the molecule is CCN(CC)CCCCNS(=O)(=O)c1cc(C)c(Cl)cc1C. The first kappa shape index (κ1) is 19.4. The number of hydrogen-bond acceptors (Lipinski definition) is 3. The number of nitrogens with one attached hydrogen (secondary N) is 1. The minimum Gasteiger partial charge on any atom is -0.304 e. The Hall–Kier alpha value is -0.620. The number of benzene rings is 1. The van der Waals surface area contributed by atoms with Crippen LogP contribution >= 0.6 is 11.6 Å². The average Bonchev–Trinajstić information content (AvgIpc) is 2.46. The Bertz CT molecular complexity index is 584. The van der Waals surface area contributed by atoms with E-state index in [1.54, 1.807) is 19.1 Å². The van der Waals surface area contributed by atoms with Crippen molar-refractivity contribution in [1.82, 2.24) is 9.62 Å². The molecule has 0 atom stereocenters. The van der Waals surface area contributed by atoms with E-state index >= 15 is 0 Å². The summed E-state index contributed by atoms with van der Waals surface area (Å²) >= 11 is 6.02. The predicted molar refractivity (Wildman–Crippen MR) is 93.1 cm³/mol. The molecule has 0 heterocycles. The average molecular weight is 347 g/mol. The lowest BCUT2D eigenvalue weighted by Crippen LogP contribution is -2.27. The van der Waals surface area contributed by atoms with Crippen LogP contribution in [0.25, 0.3) is 0 Å². The number of rotatable bonds is 9. The molecule has 22 heavy (non-hydrogen) atoms. The molecule has 0 bridgehead atoms. The highest BCUT2D eigenvalue weighted by Gasteiger charge is 2.17. The number of sulfonamides is 1. The highest BCUT2D eigenvalue weighted by Crippen LogP contribution is 2.23. The van der Waals surface area contributed by atoms with Crippen LogP contribution < -0.4 is 4.72 Å². The summed E-state index contributed by atoms with van der Waals surface area (Å²) in [5, 5.41) is 0.593. The first-order valence-electron chi connectivity index (χ1n) is 7.80. The van der Waals surface area contributed by atoms with E-state index in [1.807, 2.05) is 6.92 Å². The summed E-state index contributed by atoms with van der Waals surface area (Å²) in [6, 6.07) is 3.34. The van der Waals surface area contributed by atoms with Gasteiger partial charge in [0, 0.05) is 11.6 Å². The Morgan fingerprint density at radius 3 is 2.32 bits per heavy atom. The Labute approximate surface area is 139 Å². The third-order valence-electron chi connectivity index (χ3n) is 3.83. The molecule has 0 unspecified atom stereocenters. The van der Waals surface area contributed by atoms with Gasteiger partial charge in [-0.15, -0.1) is 0 Å². The molecular formula is C16H27ClN2O2S. The lowest BCUT2D eigenvalue weighted by atomic mass is 10.2. The Kier molecular flexibility index (Phi) is 7.83. The van der Waals surface area contributed by atoms with Gasteiger partial charge in [0.05, 0.1) is 4.90 Å². The molecule has 1 aromatic rings. The zero-order valence-electron chi connectivity index (χ0n) is 13.9. The zero-order valence-corrected chi connectivity index (χ0v) is 15.5. The van der Waals surface area contributed by atoms with Gasteiger partial charge in [-0.3, -0.25) is 0 Å². The van der Waals surface area contributed by atoms with Crippen molar-refractivity contribution in [3.8, 4) is 0 Å². The van der Waals surface area contributed by atoms with Crippen LogP contribution in [0.1, 0.15) is 37.8 Å². The van der Waals surface area contributed by atoms with Crippen molar-refractivity contribution in [2.24, 2.45) is 0 Å². The lowest BCUT2D eigenvalue weighted by Gasteiger charge is -2.17. The van der Waals surface area contributed by atoms with E-state index in [2.05, 4.69) is 23.5 Å². The van der Waals surface area contributed by atoms with Crippen LogP contribution in [0.3, 0.4) is 0 Å². The van der Waals surface area contributed by atoms with Gasteiger partial charge in [-0.25, -0.2) is 13.1 Å². The summed E-state index contributed by atoms with van der Waals surface area (Å²) < 4.78 is 27.4. The summed E-state index contributed by atoms with van der Waals surface area (Å²) in [7, 11) is -3.46. The second-order valence-electron chi connectivity index (χ2n) is 5.50. The fourth-order valence-electron chi connectivity index (χ4n) is 2.33. The number of nitrogens with zero attached hydrogens (tertiary/aromatic N) is 1. The van der Waals surface area contributed by atoms with E-state index in [1.165, 1.54) is 0 Å². The van der Waals surface area contributed by atoms with E-state index in [0.717, 1.165) is 38.0 Å². The van der Waals surface area contributed by atoms with E-state index in [-0.39, 0.29) is 0 Å². The van der Waals surface area contributed by atoms with Crippen LogP contribution in [0.5, 0.6) is 0 Å². The summed E-state index contributed by atoms with van der Waals surface area (Å²) in [6.45, 7) is 11.4. The van der Waals surface area contributed by atoms with Crippen LogP contribution in [-0.2, 0) is 10.0 Å². The van der Waals surface area contributed by atoms with Gasteiger partial charge in [0.15, 0.2) is 0 Å². The minimum absolute atomic E-state index is 0.318. The maximum Gasteiger partial charge on any atom is 0.240 e. The van der Waals surface area contributed by atoms with Crippen LogP contribution in [0.15, 0.2) is 17.0 Å². The monoisotopic (exact) mass is 346 g/mol.